The Labute approximate surface area is 226 Å². The molecule has 0 radical (unpaired) electrons. The first-order valence-electron chi connectivity index (χ1n) is 13.4. The summed E-state index contributed by atoms with van der Waals surface area (Å²) in [5.41, 5.74) is 11.9. The molecule has 8 rings (SSSR count). The maximum absolute atomic E-state index is 5.20. The van der Waals surface area contributed by atoms with Crippen LogP contribution in [0.2, 0.25) is 0 Å². The van der Waals surface area contributed by atoms with Crippen molar-refractivity contribution in [3.8, 4) is 33.8 Å². The lowest BCUT2D eigenvalue weighted by Gasteiger charge is -2.21. The van der Waals surface area contributed by atoms with Gasteiger partial charge in [-0.25, -0.2) is 15.0 Å². The highest BCUT2D eigenvalue weighted by molar-refractivity contribution is 6.04. The highest BCUT2D eigenvalue weighted by atomic mass is 14.8. The molecule has 4 aromatic carbocycles. The van der Waals surface area contributed by atoms with Gasteiger partial charge in [-0.15, -0.1) is 0 Å². The Morgan fingerprint density at radius 1 is 0.462 bits per heavy atom. The molecule has 3 heteroatoms. The molecular formula is C36H25N3. The van der Waals surface area contributed by atoms with Crippen molar-refractivity contribution in [2.75, 3.05) is 0 Å². The van der Waals surface area contributed by atoms with Crippen molar-refractivity contribution in [3.05, 3.63) is 126 Å². The molecule has 3 nitrogen and oxygen atoms in total. The fraction of sp³-hybridized carbons (Fsp3) is 0.0833. The Hall–Kier alpha value is -4.89. The van der Waals surface area contributed by atoms with Gasteiger partial charge in [0, 0.05) is 27.1 Å². The number of pyridine rings is 3. The molecule has 0 saturated heterocycles. The quantitative estimate of drug-likeness (QED) is 0.223. The first-order valence-corrected chi connectivity index (χ1v) is 13.4. The predicted molar refractivity (Wildman–Crippen MR) is 161 cm³/mol. The molecule has 3 heterocycles. The van der Waals surface area contributed by atoms with Gasteiger partial charge < -0.3 is 0 Å². The second-order valence-corrected chi connectivity index (χ2v) is 10.9. The van der Waals surface area contributed by atoms with Gasteiger partial charge in [0.2, 0.25) is 0 Å². The summed E-state index contributed by atoms with van der Waals surface area (Å²) in [5, 5.41) is 3.28. The third-order valence-corrected chi connectivity index (χ3v) is 8.26. The topological polar surface area (TPSA) is 38.7 Å². The molecule has 0 amide bonds. The van der Waals surface area contributed by atoms with Crippen LogP contribution in [0.15, 0.2) is 115 Å². The molecule has 39 heavy (non-hydrogen) atoms. The van der Waals surface area contributed by atoms with Gasteiger partial charge in [-0.2, -0.15) is 0 Å². The van der Waals surface area contributed by atoms with Crippen LogP contribution in [0.1, 0.15) is 25.0 Å². The Morgan fingerprint density at radius 2 is 1.05 bits per heavy atom. The number of benzene rings is 4. The highest BCUT2D eigenvalue weighted by Crippen LogP contribution is 2.49. The summed E-state index contributed by atoms with van der Waals surface area (Å²) >= 11 is 0. The first-order chi connectivity index (χ1) is 19.1. The first kappa shape index (κ1) is 22.1. The zero-order valence-corrected chi connectivity index (χ0v) is 21.8. The SMILES string of the molecule is CC1(C)c2ccccc2-c2ccc(-c3ccc4ccc5ccc(-c6ccc7ccccc7n6)nc5c4n3)cc21. The van der Waals surface area contributed by atoms with Gasteiger partial charge in [0.15, 0.2) is 0 Å². The predicted octanol–water partition coefficient (Wildman–Crippen LogP) is 8.97. The second kappa shape index (κ2) is 8.05. The number of nitrogens with zero attached hydrogens (tertiary/aromatic N) is 3. The van der Waals surface area contributed by atoms with Gasteiger partial charge in [-0.05, 0) is 52.6 Å². The van der Waals surface area contributed by atoms with Crippen LogP contribution < -0.4 is 0 Å². The van der Waals surface area contributed by atoms with Crippen molar-refractivity contribution in [2.24, 2.45) is 0 Å². The smallest absolute Gasteiger partial charge is 0.0973 e. The summed E-state index contributed by atoms with van der Waals surface area (Å²) < 4.78 is 0. The standard InChI is InChI=1S/C36H25N3/c1-36(2)28-9-5-4-8-26(28)27-17-13-25(21-29(27)36)31-18-15-23-11-12-24-16-20-33(39-35(24)34(23)38-31)32-19-14-22-7-3-6-10-30(22)37-32/h3-21H,1-2H3. The van der Waals surface area contributed by atoms with Gasteiger partial charge in [0.1, 0.15) is 0 Å². The molecule has 184 valence electrons. The van der Waals surface area contributed by atoms with Crippen LogP contribution in [0, 0.1) is 0 Å². The summed E-state index contributed by atoms with van der Waals surface area (Å²) in [4.78, 5) is 15.2. The Balaban J connectivity index is 1.28. The molecule has 3 aromatic heterocycles. The van der Waals surface area contributed by atoms with E-state index in [4.69, 9.17) is 15.0 Å². The number of rotatable bonds is 2. The van der Waals surface area contributed by atoms with Crippen LogP contribution in [0.5, 0.6) is 0 Å². The highest BCUT2D eigenvalue weighted by Gasteiger charge is 2.35. The van der Waals surface area contributed by atoms with Crippen molar-refractivity contribution in [1.82, 2.24) is 15.0 Å². The minimum Gasteiger partial charge on any atom is -0.246 e. The maximum atomic E-state index is 5.20. The lowest BCUT2D eigenvalue weighted by atomic mass is 9.82. The van der Waals surface area contributed by atoms with Crippen molar-refractivity contribution < 1.29 is 0 Å². The number of para-hydroxylation sites is 1. The third kappa shape index (κ3) is 3.33. The van der Waals surface area contributed by atoms with E-state index in [-0.39, 0.29) is 5.41 Å². The summed E-state index contributed by atoms with van der Waals surface area (Å²) in [6.07, 6.45) is 0. The van der Waals surface area contributed by atoms with E-state index in [2.05, 4.69) is 105 Å². The minimum absolute atomic E-state index is 0.0468. The van der Waals surface area contributed by atoms with Gasteiger partial charge >= 0.3 is 0 Å². The lowest BCUT2D eigenvalue weighted by molar-refractivity contribution is 0.660. The maximum Gasteiger partial charge on any atom is 0.0973 e. The van der Waals surface area contributed by atoms with E-state index in [1.165, 1.54) is 22.3 Å². The summed E-state index contributed by atoms with van der Waals surface area (Å²) in [6.45, 7) is 4.63. The molecule has 0 fully saturated rings. The van der Waals surface area contributed by atoms with Crippen LogP contribution in [0.25, 0.3) is 66.5 Å². The van der Waals surface area contributed by atoms with Crippen LogP contribution in [-0.2, 0) is 5.41 Å². The molecule has 1 aliphatic carbocycles. The fourth-order valence-electron chi connectivity index (χ4n) is 6.14. The van der Waals surface area contributed by atoms with Crippen molar-refractivity contribution in [3.63, 3.8) is 0 Å². The molecule has 0 spiro atoms. The van der Waals surface area contributed by atoms with Crippen molar-refractivity contribution >= 4 is 32.7 Å². The summed E-state index contributed by atoms with van der Waals surface area (Å²) in [7, 11) is 0. The van der Waals surface area contributed by atoms with Crippen molar-refractivity contribution in [2.45, 2.75) is 19.3 Å². The molecule has 1 aliphatic rings. The van der Waals surface area contributed by atoms with E-state index in [0.29, 0.717) is 0 Å². The average Bonchev–Trinajstić information content (AvgIpc) is 3.22. The van der Waals surface area contributed by atoms with Gasteiger partial charge in [0.25, 0.3) is 0 Å². The van der Waals surface area contributed by atoms with E-state index in [9.17, 15) is 0 Å². The van der Waals surface area contributed by atoms with E-state index in [1.54, 1.807) is 0 Å². The number of fused-ring (bicyclic) bond motifs is 7. The van der Waals surface area contributed by atoms with Crippen LogP contribution in [-0.4, -0.2) is 15.0 Å². The molecule has 7 aromatic rings. The zero-order chi connectivity index (χ0) is 26.1. The molecule has 0 saturated carbocycles. The number of hydrogen-bond donors (Lipinski definition) is 0. The molecular weight excluding hydrogens is 474 g/mol. The summed E-state index contributed by atoms with van der Waals surface area (Å²) in [5.74, 6) is 0. The van der Waals surface area contributed by atoms with Crippen molar-refractivity contribution in [1.29, 1.82) is 0 Å². The van der Waals surface area contributed by atoms with E-state index < -0.39 is 0 Å². The minimum atomic E-state index is -0.0468. The molecule has 0 unspecified atom stereocenters. The Bertz CT molecular complexity index is 2110. The van der Waals surface area contributed by atoms with Crippen LogP contribution >= 0.6 is 0 Å². The molecule has 0 atom stereocenters. The Kier molecular flexibility index (Phi) is 4.57. The van der Waals surface area contributed by atoms with Crippen LogP contribution in [0.4, 0.5) is 0 Å². The monoisotopic (exact) mass is 499 g/mol. The number of hydrogen-bond acceptors (Lipinski definition) is 3. The third-order valence-electron chi connectivity index (χ3n) is 8.26. The molecule has 0 N–H and O–H groups in total. The Morgan fingerprint density at radius 3 is 1.87 bits per heavy atom. The fourth-order valence-corrected chi connectivity index (χ4v) is 6.14. The normalized spacial score (nSPS) is 13.6. The van der Waals surface area contributed by atoms with E-state index in [0.717, 1.165) is 55.4 Å². The van der Waals surface area contributed by atoms with E-state index in [1.807, 2.05) is 24.3 Å². The van der Waals surface area contributed by atoms with Gasteiger partial charge in [-0.1, -0.05) is 98.8 Å². The largest absolute Gasteiger partial charge is 0.246 e. The van der Waals surface area contributed by atoms with E-state index >= 15 is 0 Å². The van der Waals surface area contributed by atoms with Gasteiger partial charge in [0.05, 0.1) is 33.6 Å². The van der Waals surface area contributed by atoms with Crippen LogP contribution in [0.3, 0.4) is 0 Å². The molecule has 0 aliphatic heterocycles. The van der Waals surface area contributed by atoms with Gasteiger partial charge in [-0.3, -0.25) is 0 Å². The second-order valence-electron chi connectivity index (χ2n) is 10.9. The zero-order valence-electron chi connectivity index (χ0n) is 21.8. The molecule has 0 bridgehead atoms. The average molecular weight is 500 g/mol. The lowest BCUT2D eigenvalue weighted by Crippen LogP contribution is -2.14. The number of aromatic nitrogens is 3. The summed E-state index contributed by atoms with van der Waals surface area (Å²) in [6, 6.07) is 40.6.